The molecule has 1 aliphatic heterocycles. The first-order chi connectivity index (χ1) is 9.62. The number of rotatable bonds is 5. The quantitative estimate of drug-likeness (QED) is 0.877. The summed E-state index contributed by atoms with van der Waals surface area (Å²) in [5.74, 6) is 0.865. The molecule has 1 aliphatic carbocycles. The van der Waals surface area contributed by atoms with E-state index < -0.39 is 0 Å². The lowest BCUT2D eigenvalue weighted by molar-refractivity contribution is -0.126. The Labute approximate surface area is 133 Å². The highest BCUT2D eigenvalue weighted by molar-refractivity contribution is 5.85. The van der Waals surface area contributed by atoms with Gasteiger partial charge in [-0.1, -0.05) is 31.2 Å². The van der Waals surface area contributed by atoms with E-state index in [9.17, 15) is 4.79 Å². The average molecular weight is 309 g/mol. The Kier molecular flexibility index (Phi) is 4.95. The van der Waals surface area contributed by atoms with Crippen LogP contribution in [-0.4, -0.2) is 25.5 Å². The molecule has 0 bridgehead atoms. The van der Waals surface area contributed by atoms with Crippen LogP contribution in [0.5, 0.6) is 0 Å². The fourth-order valence-corrected chi connectivity index (χ4v) is 3.16. The maximum atomic E-state index is 12.2. The van der Waals surface area contributed by atoms with Crippen molar-refractivity contribution in [3.8, 4) is 0 Å². The molecule has 116 valence electrons. The number of carbonyl (C=O) groups excluding carboxylic acids is 1. The standard InChI is InChI=1S/C17H24N2O.ClH/c1-12-5-3-4-6-15(12)17(7-8-17)11-19-16(20)13(2)14-9-18-10-14;/h3-6,13-14,18H,7-11H2,1-2H3,(H,19,20);1H. The summed E-state index contributed by atoms with van der Waals surface area (Å²) >= 11 is 0. The molecule has 21 heavy (non-hydrogen) atoms. The highest BCUT2D eigenvalue weighted by Crippen LogP contribution is 2.48. The van der Waals surface area contributed by atoms with Crippen LogP contribution in [0.15, 0.2) is 24.3 Å². The lowest BCUT2D eigenvalue weighted by Crippen LogP contribution is -2.50. The van der Waals surface area contributed by atoms with Crippen LogP contribution in [0.2, 0.25) is 0 Å². The summed E-state index contributed by atoms with van der Waals surface area (Å²) in [4.78, 5) is 12.2. The van der Waals surface area contributed by atoms with Crippen molar-refractivity contribution in [2.24, 2.45) is 11.8 Å². The summed E-state index contributed by atoms with van der Waals surface area (Å²) in [6.45, 7) is 6.98. The number of amides is 1. The first-order valence-electron chi connectivity index (χ1n) is 7.67. The monoisotopic (exact) mass is 308 g/mol. The second-order valence-corrected chi connectivity index (χ2v) is 6.52. The lowest BCUT2D eigenvalue weighted by Gasteiger charge is -2.32. The number of nitrogens with one attached hydrogen (secondary N) is 2. The molecule has 1 aromatic carbocycles. The van der Waals surface area contributed by atoms with Gasteiger partial charge in [0, 0.05) is 17.9 Å². The Morgan fingerprint density at radius 2 is 2.05 bits per heavy atom. The molecule has 1 amide bonds. The number of aryl methyl sites for hydroxylation is 1. The number of carbonyl (C=O) groups is 1. The number of halogens is 1. The third-order valence-electron chi connectivity index (χ3n) is 5.10. The molecule has 2 aliphatic rings. The molecule has 4 heteroatoms. The molecule has 1 heterocycles. The summed E-state index contributed by atoms with van der Waals surface area (Å²) in [7, 11) is 0. The third kappa shape index (κ3) is 3.24. The Hall–Kier alpha value is -1.06. The van der Waals surface area contributed by atoms with Crippen LogP contribution in [0.1, 0.15) is 30.9 Å². The minimum atomic E-state index is 0. The molecule has 0 radical (unpaired) electrons. The molecule has 3 rings (SSSR count). The van der Waals surface area contributed by atoms with Crippen LogP contribution in [0.25, 0.3) is 0 Å². The van der Waals surface area contributed by atoms with Crippen molar-refractivity contribution < 1.29 is 4.79 Å². The Balaban J connectivity index is 0.00000161. The Morgan fingerprint density at radius 3 is 2.57 bits per heavy atom. The zero-order chi connectivity index (χ0) is 14.2. The van der Waals surface area contributed by atoms with Gasteiger partial charge in [-0.05, 0) is 49.9 Å². The second kappa shape index (κ2) is 6.37. The molecular formula is C17H25ClN2O. The fraction of sp³-hybridized carbons (Fsp3) is 0.588. The third-order valence-corrected chi connectivity index (χ3v) is 5.10. The van der Waals surface area contributed by atoms with Gasteiger partial charge in [-0.25, -0.2) is 0 Å². The first kappa shape index (κ1) is 16.3. The molecule has 1 atom stereocenters. The van der Waals surface area contributed by atoms with Crippen molar-refractivity contribution >= 4 is 18.3 Å². The number of hydrogen-bond donors (Lipinski definition) is 2. The lowest BCUT2D eigenvalue weighted by atomic mass is 9.87. The van der Waals surface area contributed by atoms with Crippen LogP contribution in [0, 0.1) is 18.8 Å². The SMILES string of the molecule is Cc1ccccc1C1(CNC(=O)C(C)C2CNC2)CC1.Cl. The van der Waals surface area contributed by atoms with Crippen molar-refractivity contribution in [2.75, 3.05) is 19.6 Å². The van der Waals surface area contributed by atoms with Crippen LogP contribution >= 0.6 is 12.4 Å². The fourth-order valence-electron chi connectivity index (χ4n) is 3.16. The second-order valence-electron chi connectivity index (χ2n) is 6.52. The van der Waals surface area contributed by atoms with Gasteiger partial charge < -0.3 is 10.6 Å². The summed E-state index contributed by atoms with van der Waals surface area (Å²) < 4.78 is 0. The minimum Gasteiger partial charge on any atom is -0.355 e. The number of hydrogen-bond acceptors (Lipinski definition) is 2. The van der Waals surface area contributed by atoms with Gasteiger partial charge in [0.25, 0.3) is 0 Å². The normalized spacial score (nSPS) is 20.9. The van der Waals surface area contributed by atoms with Crippen molar-refractivity contribution in [1.29, 1.82) is 0 Å². The van der Waals surface area contributed by atoms with E-state index in [1.165, 1.54) is 24.0 Å². The molecule has 1 saturated carbocycles. The highest BCUT2D eigenvalue weighted by Gasteiger charge is 2.45. The topological polar surface area (TPSA) is 41.1 Å². The highest BCUT2D eigenvalue weighted by atomic mass is 35.5. The van der Waals surface area contributed by atoms with E-state index in [2.05, 4.69) is 41.8 Å². The van der Waals surface area contributed by atoms with Gasteiger partial charge in [0.05, 0.1) is 0 Å². The van der Waals surface area contributed by atoms with E-state index in [0.717, 1.165) is 19.6 Å². The van der Waals surface area contributed by atoms with Gasteiger partial charge in [-0.2, -0.15) is 0 Å². The molecule has 1 saturated heterocycles. The molecule has 3 nitrogen and oxygen atoms in total. The van der Waals surface area contributed by atoms with Gasteiger partial charge >= 0.3 is 0 Å². The minimum absolute atomic E-state index is 0. The van der Waals surface area contributed by atoms with E-state index in [0.29, 0.717) is 5.92 Å². The van der Waals surface area contributed by atoms with Crippen molar-refractivity contribution in [2.45, 2.75) is 32.1 Å². The van der Waals surface area contributed by atoms with Crippen LogP contribution in [0.3, 0.4) is 0 Å². The van der Waals surface area contributed by atoms with Gasteiger partial charge in [0.15, 0.2) is 0 Å². The van der Waals surface area contributed by atoms with Gasteiger partial charge in [0.2, 0.25) is 5.91 Å². The molecule has 1 unspecified atom stereocenters. The Bertz CT molecular complexity index is 509. The van der Waals surface area contributed by atoms with E-state index in [1.54, 1.807) is 0 Å². The van der Waals surface area contributed by atoms with E-state index in [-0.39, 0.29) is 29.6 Å². The van der Waals surface area contributed by atoms with Crippen LogP contribution in [-0.2, 0) is 10.2 Å². The first-order valence-corrected chi connectivity index (χ1v) is 7.67. The van der Waals surface area contributed by atoms with E-state index in [4.69, 9.17) is 0 Å². The zero-order valence-corrected chi connectivity index (χ0v) is 13.6. The predicted molar refractivity (Wildman–Crippen MR) is 87.9 cm³/mol. The maximum absolute atomic E-state index is 12.2. The summed E-state index contributed by atoms with van der Waals surface area (Å²) in [5, 5.41) is 6.43. The van der Waals surface area contributed by atoms with E-state index in [1.807, 2.05) is 6.92 Å². The molecular weight excluding hydrogens is 284 g/mol. The maximum Gasteiger partial charge on any atom is 0.223 e. The van der Waals surface area contributed by atoms with Gasteiger partial charge in [0.1, 0.15) is 0 Å². The summed E-state index contributed by atoms with van der Waals surface area (Å²) in [6.07, 6.45) is 2.38. The summed E-state index contributed by atoms with van der Waals surface area (Å²) in [6, 6.07) is 8.57. The molecule has 0 aromatic heterocycles. The van der Waals surface area contributed by atoms with Crippen molar-refractivity contribution in [3.05, 3.63) is 35.4 Å². The van der Waals surface area contributed by atoms with Crippen LogP contribution < -0.4 is 10.6 Å². The van der Waals surface area contributed by atoms with Crippen molar-refractivity contribution in [1.82, 2.24) is 10.6 Å². The molecule has 2 fully saturated rings. The average Bonchev–Trinajstić information content (AvgIpc) is 3.15. The zero-order valence-electron chi connectivity index (χ0n) is 12.8. The predicted octanol–water partition coefficient (Wildman–Crippen LogP) is 2.42. The van der Waals surface area contributed by atoms with E-state index >= 15 is 0 Å². The largest absolute Gasteiger partial charge is 0.355 e. The van der Waals surface area contributed by atoms with Gasteiger partial charge in [-0.3, -0.25) is 4.79 Å². The van der Waals surface area contributed by atoms with Crippen LogP contribution in [0.4, 0.5) is 0 Å². The summed E-state index contributed by atoms with van der Waals surface area (Å²) in [5.41, 5.74) is 2.97. The molecule has 2 N–H and O–H groups in total. The van der Waals surface area contributed by atoms with Gasteiger partial charge in [-0.15, -0.1) is 12.4 Å². The number of benzene rings is 1. The smallest absolute Gasteiger partial charge is 0.223 e. The van der Waals surface area contributed by atoms with Crippen molar-refractivity contribution in [3.63, 3.8) is 0 Å². The Morgan fingerprint density at radius 1 is 1.38 bits per heavy atom. The molecule has 1 aromatic rings. The molecule has 0 spiro atoms.